The Labute approximate surface area is 107 Å². The molecule has 0 aliphatic heterocycles. The highest BCUT2D eigenvalue weighted by Crippen LogP contribution is 2.23. The minimum Gasteiger partial charge on any atom is -0.491 e. The van der Waals surface area contributed by atoms with Gasteiger partial charge in [0, 0.05) is 12.1 Å². The Bertz CT molecular complexity index is 521. The van der Waals surface area contributed by atoms with Crippen LogP contribution in [-0.2, 0) is 13.6 Å². The number of nitrogens with two attached hydrogens (primary N) is 2. The van der Waals surface area contributed by atoms with Gasteiger partial charge in [-0.3, -0.25) is 0 Å². The van der Waals surface area contributed by atoms with E-state index in [1.54, 1.807) is 18.2 Å². The minimum absolute atomic E-state index is 0.586. The number of nitrogens with zero attached hydrogens (tertiary/aromatic N) is 2. The number of aromatic nitrogens is 2. The molecule has 0 radical (unpaired) electrons. The van der Waals surface area contributed by atoms with Gasteiger partial charge in [0.25, 0.3) is 0 Å². The van der Waals surface area contributed by atoms with Crippen LogP contribution in [0.3, 0.4) is 0 Å². The second-order valence-corrected chi connectivity index (χ2v) is 4.32. The van der Waals surface area contributed by atoms with Crippen LogP contribution in [0.2, 0.25) is 0 Å². The first-order valence-electron chi connectivity index (χ1n) is 5.94. The normalized spacial score (nSPS) is 10.5. The Balaban J connectivity index is 1.78. The molecule has 0 unspecified atom stereocenters. The van der Waals surface area contributed by atoms with Crippen LogP contribution >= 0.6 is 0 Å². The molecule has 0 saturated carbocycles. The van der Waals surface area contributed by atoms with Crippen molar-refractivity contribution in [2.75, 3.05) is 18.1 Å². The van der Waals surface area contributed by atoms with Crippen LogP contribution in [-0.4, -0.2) is 11.2 Å². The monoisotopic (exact) mass is 247 g/mol. The maximum atomic E-state index is 5.80. The molecular weight excluding hydrogens is 228 g/mol. The molecule has 0 atom stereocenters. The lowest BCUT2D eigenvalue weighted by molar-refractivity contribution is -0.696. The smallest absolute Gasteiger partial charge is 0.243 e. The molecule has 1 aromatic carbocycles. The molecule has 0 spiro atoms. The van der Waals surface area contributed by atoms with Crippen molar-refractivity contribution < 1.29 is 9.30 Å². The molecule has 0 fully saturated rings. The molecule has 5 heteroatoms. The van der Waals surface area contributed by atoms with Gasteiger partial charge >= 0.3 is 0 Å². The number of rotatable bonds is 5. The van der Waals surface area contributed by atoms with E-state index >= 15 is 0 Å². The van der Waals surface area contributed by atoms with Crippen molar-refractivity contribution in [2.45, 2.75) is 13.0 Å². The lowest BCUT2D eigenvalue weighted by Crippen LogP contribution is -2.31. The molecule has 2 aromatic rings. The Morgan fingerprint density at radius 1 is 1.33 bits per heavy atom. The maximum absolute atomic E-state index is 5.80. The summed E-state index contributed by atoms with van der Waals surface area (Å²) in [6.45, 7) is 1.56. The van der Waals surface area contributed by atoms with E-state index in [1.165, 1.54) is 0 Å². The van der Waals surface area contributed by atoms with Crippen molar-refractivity contribution in [3.63, 3.8) is 0 Å². The highest BCUT2D eigenvalue weighted by Gasteiger charge is 2.02. The highest BCUT2D eigenvalue weighted by atomic mass is 16.5. The van der Waals surface area contributed by atoms with Crippen molar-refractivity contribution in [3.05, 3.63) is 36.9 Å². The Hall–Kier alpha value is -2.17. The third kappa shape index (κ3) is 3.16. The van der Waals surface area contributed by atoms with E-state index in [0.29, 0.717) is 23.7 Å². The fourth-order valence-electron chi connectivity index (χ4n) is 1.76. The predicted octanol–water partition coefficient (Wildman–Crippen LogP) is 0.946. The Morgan fingerprint density at radius 3 is 2.83 bits per heavy atom. The molecule has 18 heavy (non-hydrogen) atoms. The van der Waals surface area contributed by atoms with Gasteiger partial charge in [-0.1, -0.05) is 0 Å². The standard InChI is InChI=1S/C13H19N4O/c1-16-6-7-17(10-16)5-2-8-18-13-4-3-11(14)9-12(13)15/h3-4,6-7,9-10H,2,5,8,14-15H2,1H3/q+1. The minimum atomic E-state index is 0.586. The molecule has 1 heterocycles. The summed E-state index contributed by atoms with van der Waals surface area (Å²) in [4.78, 5) is 0. The number of aryl methyl sites for hydroxylation is 2. The van der Waals surface area contributed by atoms with Crippen molar-refractivity contribution in [3.8, 4) is 5.75 Å². The van der Waals surface area contributed by atoms with Gasteiger partial charge in [-0.2, -0.15) is 0 Å². The van der Waals surface area contributed by atoms with Crippen molar-refractivity contribution >= 4 is 11.4 Å². The van der Waals surface area contributed by atoms with E-state index in [9.17, 15) is 0 Å². The van der Waals surface area contributed by atoms with Gasteiger partial charge in [0.15, 0.2) is 0 Å². The predicted molar refractivity (Wildman–Crippen MR) is 71.0 cm³/mol. The van der Waals surface area contributed by atoms with Crippen LogP contribution < -0.4 is 20.8 Å². The first-order chi connectivity index (χ1) is 8.65. The summed E-state index contributed by atoms with van der Waals surface area (Å²) < 4.78 is 9.75. The molecular formula is C13H19N4O+. The zero-order valence-electron chi connectivity index (χ0n) is 10.5. The summed E-state index contributed by atoms with van der Waals surface area (Å²) in [7, 11) is 2.00. The number of imidazole rings is 1. The lowest BCUT2D eigenvalue weighted by atomic mass is 10.2. The Kier molecular flexibility index (Phi) is 3.72. The number of anilines is 2. The molecule has 1 aromatic heterocycles. The topological polar surface area (TPSA) is 70.1 Å². The fraction of sp³-hybridized carbons (Fsp3) is 0.308. The van der Waals surface area contributed by atoms with Crippen LogP contribution in [0.5, 0.6) is 5.75 Å². The van der Waals surface area contributed by atoms with E-state index < -0.39 is 0 Å². The SMILES string of the molecule is Cn1cc[n+](CCCOc2ccc(N)cc2N)c1. The van der Waals surface area contributed by atoms with E-state index in [-0.39, 0.29) is 0 Å². The van der Waals surface area contributed by atoms with Crippen LogP contribution in [0.25, 0.3) is 0 Å². The largest absolute Gasteiger partial charge is 0.491 e. The first-order valence-corrected chi connectivity index (χ1v) is 5.94. The quantitative estimate of drug-likeness (QED) is 0.469. The third-order valence-electron chi connectivity index (χ3n) is 2.68. The highest BCUT2D eigenvalue weighted by molar-refractivity contribution is 5.60. The lowest BCUT2D eigenvalue weighted by Gasteiger charge is -2.08. The van der Waals surface area contributed by atoms with Crippen LogP contribution in [0, 0.1) is 0 Å². The maximum Gasteiger partial charge on any atom is 0.243 e. The van der Waals surface area contributed by atoms with Gasteiger partial charge in [-0.15, -0.1) is 0 Å². The van der Waals surface area contributed by atoms with E-state index in [0.717, 1.165) is 13.0 Å². The van der Waals surface area contributed by atoms with Gasteiger partial charge in [0.1, 0.15) is 18.1 Å². The molecule has 0 amide bonds. The zero-order chi connectivity index (χ0) is 13.0. The van der Waals surface area contributed by atoms with Crippen LogP contribution in [0.1, 0.15) is 6.42 Å². The van der Waals surface area contributed by atoms with Crippen molar-refractivity contribution in [2.24, 2.45) is 7.05 Å². The molecule has 0 saturated heterocycles. The first kappa shape index (κ1) is 12.3. The van der Waals surface area contributed by atoms with E-state index in [1.807, 2.05) is 30.3 Å². The molecule has 96 valence electrons. The number of benzene rings is 1. The summed E-state index contributed by atoms with van der Waals surface area (Å²) in [6.07, 6.45) is 7.02. The Morgan fingerprint density at radius 2 is 2.17 bits per heavy atom. The molecule has 0 aliphatic rings. The van der Waals surface area contributed by atoms with Gasteiger partial charge < -0.3 is 16.2 Å². The zero-order valence-corrected chi connectivity index (χ0v) is 10.5. The average Bonchev–Trinajstić information content (AvgIpc) is 2.73. The van der Waals surface area contributed by atoms with Gasteiger partial charge in [-0.25, -0.2) is 9.13 Å². The number of nitrogen functional groups attached to an aromatic ring is 2. The van der Waals surface area contributed by atoms with Gasteiger partial charge in [-0.05, 0) is 18.2 Å². The molecule has 0 bridgehead atoms. The fourth-order valence-corrected chi connectivity index (χ4v) is 1.76. The molecule has 5 nitrogen and oxygen atoms in total. The summed E-state index contributed by atoms with van der Waals surface area (Å²) >= 11 is 0. The summed E-state index contributed by atoms with van der Waals surface area (Å²) in [5.41, 5.74) is 12.7. The second-order valence-electron chi connectivity index (χ2n) is 4.32. The van der Waals surface area contributed by atoms with E-state index in [4.69, 9.17) is 16.2 Å². The molecule has 0 aliphatic carbocycles. The van der Waals surface area contributed by atoms with Crippen LogP contribution in [0.15, 0.2) is 36.9 Å². The number of hydrogen-bond acceptors (Lipinski definition) is 3. The van der Waals surface area contributed by atoms with Gasteiger partial charge in [0.2, 0.25) is 6.33 Å². The number of ether oxygens (including phenoxy) is 1. The summed E-state index contributed by atoms with van der Waals surface area (Å²) in [6, 6.07) is 5.30. The van der Waals surface area contributed by atoms with Crippen molar-refractivity contribution in [1.29, 1.82) is 0 Å². The second kappa shape index (κ2) is 5.44. The van der Waals surface area contributed by atoms with Crippen LogP contribution in [0.4, 0.5) is 11.4 Å². The van der Waals surface area contributed by atoms with E-state index in [2.05, 4.69) is 4.57 Å². The molecule has 4 N–H and O–H groups in total. The van der Waals surface area contributed by atoms with Crippen molar-refractivity contribution in [1.82, 2.24) is 4.57 Å². The number of hydrogen-bond donors (Lipinski definition) is 2. The summed E-state index contributed by atoms with van der Waals surface area (Å²) in [5, 5.41) is 0. The average molecular weight is 247 g/mol. The van der Waals surface area contributed by atoms with Gasteiger partial charge in [0.05, 0.1) is 25.9 Å². The third-order valence-corrected chi connectivity index (χ3v) is 2.68. The summed E-state index contributed by atoms with van der Waals surface area (Å²) in [5.74, 6) is 0.697. The molecule has 2 rings (SSSR count).